The van der Waals surface area contributed by atoms with Gasteiger partial charge in [0.15, 0.2) is 0 Å². The minimum absolute atomic E-state index is 0.184. The average Bonchev–Trinajstić information content (AvgIpc) is 2.42. The summed E-state index contributed by atoms with van der Waals surface area (Å²) in [4.78, 5) is 25.7. The van der Waals surface area contributed by atoms with Gasteiger partial charge in [-0.05, 0) is 31.1 Å². The number of hydrogen-bond donors (Lipinski definition) is 2. The van der Waals surface area contributed by atoms with Crippen molar-refractivity contribution in [1.82, 2.24) is 9.55 Å². The molecule has 19 heavy (non-hydrogen) atoms. The molecule has 1 fully saturated rings. The third-order valence-electron chi connectivity index (χ3n) is 4.20. The summed E-state index contributed by atoms with van der Waals surface area (Å²) in [6.07, 6.45) is 6.66. The number of H-pyrrole nitrogens is 1. The number of aromatic amines is 1. The molecule has 0 radical (unpaired) electrons. The van der Waals surface area contributed by atoms with E-state index in [4.69, 9.17) is 0 Å². The van der Waals surface area contributed by atoms with E-state index in [1.54, 1.807) is 10.8 Å². The molecule has 1 aliphatic rings. The molecule has 5 heteroatoms. The lowest BCUT2D eigenvalue weighted by Crippen LogP contribution is -2.36. The van der Waals surface area contributed by atoms with Crippen molar-refractivity contribution in [2.24, 2.45) is 11.8 Å². The topological polar surface area (TPSA) is 75.1 Å². The largest absolute Gasteiger partial charge is 0.396 e. The first-order valence-electron chi connectivity index (χ1n) is 7.09. The van der Waals surface area contributed by atoms with Crippen LogP contribution in [0.2, 0.25) is 0 Å². The molecule has 2 atom stereocenters. The van der Waals surface area contributed by atoms with E-state index in [1.807, 2.05) is 6.92 Å². The molecule has 106 valence electrons. The fraction of sp³-hybridized carbons (Fsp3) is 0.714. The molecule has 1 heterocycles. The Morgan fingerprint density at radius 2 is 2.00 bits per heavy atom. The van der Waals surface area contributed by atoms with E-state index >= 15 is 0 Å². The van der Waals surface area contributed by atoms with Crippen molar-refractivity contribution >= 4 is 0 Å². The van der Waals surface area contributed by atoms with Crippen LogP contribution in [0.3, 0.4) is 0 Å². The molecule has 0 bridgehead atoms. The second kappa shape index (κ2) is 6.19. The number of hydrogen-bond acceptors (Lipinski definition) is 3. The minimum atomic E-state index is -0.343. The van der Waals surface area contributed by atoms with E-state index in [2.05, 4.69) is 4.98 Å². The number of aromatic nitrogens is 2. The van der Waals surface area contributed by atoms with Crippen LogP contribution in [0.4, 0.5) is 0 Å². The lowest BCUT2D eigenvalue weighted by Gasteiger charge is -2.30. The molecule has 1 aliphatic carbocycles. The fourth-order valence-electron chi connectivity index (χ4n) is 2.96. The van der Waals surface area contributed by atoms with E-state index < -0.39 is 0 Å². The highest BCUT2D eigenvalue weighted by atomic mass is 16.3. The molecule has 0 aliphatic heterocycles. The highest BCUT2D eigenvalue weighted by Crippen LogP contribution is 2.30. The quantitative estimate of drug-likeness (QED) is 0.850. The van der Waals surface area contributed by atoms with Gasteiger partial charge in [0, 0.05) is 24.9 Å². The Balaban J connectivity index is 2.22. The van der Waals surface area contributed by atoms with Crippen LogP contribution in [0.1, 0.15) is 38.2 Å². The van der Waals surface area contributed by atoms with Gasteiger partial charge >= 0.3 is 5.69 Å². The molecule has 1 saturated carbocycles. The van der Waals surface area contributed by atoms with E-state index in [0.29, 0.717) is 24.4 Å². The van der Waals surface area contributed by atoms with Gasteiger partial charge in [-0.3, -0.25) is 9.78 Å². The molecule has 0 saturated heterocycles. The van der Waals surface area contributed by atoms with Crippen molar-refractivity contribution in [3.63, 3.8) is 0 Å². The summed E-state index contributed by atoms with van der Waals surface area (Å²) >= 11 is 0. The maximum Gasteiger partial charge on any atom is 0.328 e. The van der Waals surface area contributed by atoms with Crippen LogP contribution in [0, 0.1) is 11.8 Å². The van der Waals surface area contributed by atoms with Crippen LogP contribution in [-0.4, -0.2) is 21.3 Å². The zero-order chi connectivity index (χ0) is 13.8. The van der Waals surface area contributed by atoms with Gasteiger partial charge in [0.1, 0.15) is 0 Å². The van der Waals surface area contributed by atoms with Crippen molar-refractivity contribution in [3.8, 4) is 0 Å². The zero-order valence-electron chi connectivity index (χ0n) is 11.4. The molecule has 0 amide bonds. The van der Waals surface area contributed by atoms with Crippen molar-refractivity contribution in [2.75, 3.05) is 6.61 Å². The van der Waals surface area contributed by atoms with Crippen LogP contribution in [-0.2, 0) is 13.0 Å². The Bertz CT molecular complexity index is 532. The third-order valence-corrected chi connectivity index (χ3v) is 4.20. The van der Waals surface area contributed by atoms with Gasteiger partial charge in [-0.2, -0.15) is 0 Å². The Labute approximate surface area is 112 Å². The maximum absolute atomic E-state index is 11.8. The predicted molar refractivity (Wildman–Crippen MR) is 73.2 cm³/mol. The molecule has 1 aromatic rings. The molecule has 2 N–H and O–H groups in total. The summed E-state index contributed by atoms with van der Waals surface area (Å²) in [6, 6.07) is 0. The minimum Gasteiger partial charge on any atom is -0.396 e. The van der Waals surface area contributed by atoms with Crippen LogP contribution in [0.15, 0.2) is 15.8 Å². The number of aliphatic hydroxyl groups is 1. The summed E-state index contributed by atoms with van der Waals surface area (Å²) in [6.45, 7) is 2.67. The normalized spacial score (nSPS) is 23.5. The monoisotopic (exact) mass is 266 g/mol. The first-order valence-corrected chi connectivity index (χ1v) is 7.09. The fourth-order valence-corrected chi connectivity index (χ4v) is 2.96. The van der Waals surface area contributed by atoms with E-state index in [1.165, 1.54) is 0 Å². The van der Waals surface area contributed by atoms with Crippen LogP contribution < -0.4 is 11.2 Å². The molecule has 2 rings (SSSR count). The Morgan fingerprint density at radius 3 is 2.63 bits per heavy atom. The highest BCUT2D eigenvalue weighted by molar-refractivity contribution is 5.04. The second-order valence-corrected chi connectivity index (χ2v) is 5.41. The highest BCUT2D eigenvalue weighted by Gasteiger charge is 2.25. The number of nitrogens with zero attached hydrogens (tertiary/aromatic N) is 1. The van der Waals surface area contributed by atoms with Crippen molar-refractivity contribution in [3.05, 3.63) is 32.6 Å². The molecule has 2 unspecified atom stereocenters. The Morgan fingerprint density at radius 1 is 1.32 bits per heavy atom. The van der Waals surface area contributed by atoms with Gasteiger partial charge in [-0.1, -0.05) is 19.8 Å². The summed E-state index contributed by atoms with van der Waals surface area (Å²) in [5, 5.41) is 9.41. The predicted octanol–water partition coefficient (Wildman–Crippen LogP) is 0.898. The van der Waals surface area contributed by atoms with Crippen molar-refractivity contribution in [2.45, 2.75) is 45.6 Å². The Kier molecular flexibility index (Phi) is 4.58. The number of aryl methyl sites for hydroxylation is 1. The first kappa shape index (κ1) is 14.1. The standard InChI is InChI=1S/C14H22N2O3/c1-2-10-7-16(14(19)15-13(10)18)8-11-5-3-4-6-12(11)9-17/h7,11-12,17H,2-6,8-9H2,1H3,(H,15,18,19). The van der Waals surface area contributed by atoms with Gasteiger partial charge in [-0.25, -0.2) is 4.79 Å². The summed E-state index contributed by atoms with van der Waals surface area (Å²) in [7, 11) is 0. The lowest BCUT2D eigenvalue weighted by atomic mass is 9.79. The van der Waals surface area contributed by atoms with Gasteiger partial charge in [0.05, 0.1) is 0 Å². The number of nitrogens with one attached hydrogen (secondary N) is 1. The van der Waals surface area contributed by atoms with Crippen molar-refractivity contribution in [1.29, 1.82) is 0 Å². The molecule has 1 aromatic heterocycles. The maximum atomic E-state index is 11.8. The summed E-state index contributed by atoms with van der Waals surface area (Å²) in [5.41, 5.74) is 0.00604. The third kappa shape index (κ3) is 3.15. The smallest absolute Gasteiger partial charge is 0.328 e. The second-order valence-electron chi connectivity index (χ2n) is 5.41. The van der Waals surface area contributed by atoms with Gasteiger partial charge in [0.2, 0.25) is 0 Å². The van der Waals surface area contributed by atoms with Gasteiger partial charge in [0.25, 0.3) is 5.56 Å². The number of aliphatic hydroxyl groups excluding tert-OH is 1. The zero-order valence-corrected chi connectivity index (χ0v) is 11.4. The lowest BCUT2D eigenvalue weighted by molar-refractivity contribution is 0.122. The van der Waals surface area contributed by atoms with Crippen LogP contribution in [0.25, 0.3) is 0 Å². The van der Waals surface area contributed by atoms with Crippen molar-refractivity contribution < 1.29 is 5.11 Å². The van der Waals surface area contributed by atoms with E-state index in [0.717, 1.165) is 25.7 Å². The van der Waals surface area contributed by atoms with Gasteiger partial charge < -0.3 is 9.67 Å². The van der Waals surface area contributed by atoms with E-state index in [-0.39, 0.29) is 23.8 Å². The average molecular weight is 266 g/mol. The molecular formula is C14H22N2O3. The molecule has 0 aromatic carbocycles. The summed E-state index contributed by atoms with van der Waals surface area (Å²) < 4.78 is 1.60. The van der Waals surface area contributed by atoms with E-state index in [9.17, 15) is 14.7 Å². The SMILES string of the molecule is CCc1cn(CC2CCCCC2CO)c(=O)[nH]c1=O. The van der Waals surface area contributed by atoms with Crippen LogP contribution in [0.5, 0.6) is 0 Å². The molecule has 0 spiro atoms. The van der Waals surface area contributed by atoms with Crippen LogP contribution >= 0.6 is 0 Å². The van der Waals surface area contributed by atoms with Gasteiger partial charge in [-0.15, -0.1) is 0 Å². The summed E-state index contributed by atoms with van der Waals surface area (Å²) in [5.74, 6) is 0.602. The molecular weight excluding hydrogens is 244 g/mol. The molecule has 5 nitrogen and oxygen atoms in total. The number of rotatable bonds is 4. The first-order chi connectivity index (χ1) is 9.15. The Hall–Kier alpha value is -1.36.